The average molecular weight is 453 g/mol. The van der Waals surface area contributed by atoms with Crippen LogP contribution in [0.2, 0.25) is 0 Å². The number of aliphatic hydroxyl groups excluding tert-OH is 1. The van der Waals surface area contributed by atoms with Gasteiger partial charge in [0.15, 0.2) is 14.9 Å². The van der Waals surface area contributed by atoms with Crippen molar-refractivity contribution in [3.05, 3.63) is 65.1 Å². The topological polar surface area (TPSA) is 118 Å². The number of hydrogen-bond donors (Lipinski definition) is 3. The van der Waals surface area contributed by atoms with E-state index in [0.717, 1.165) is 66.0 Å². The van der Waals surface area contributed by atoms with Gasteiger partial charge in [-0.2, -0.15) is 9.46 Å². The van der Waals surface area contributed by atoms with Gasteiger partial charge >= 0.3 is 0 Å². The van der Waals surface area contributed by atoms with Crippen LogP contribution in [0, 0.1) is 0 Å². The number of nitrogens with two attached hydrogens (primary N) is 1. The maximum atomic E-state index is 13.1. The van der Waals surface area contributed by atoms with Crippen molar-refractivity contribution in [3.8, 4) is 5.69 Å². The highest BCUT2D eigenvalue weighted by Crippen LogP contribution is 2.44. The molecule has 0 saturated heterocycles. The quantitative estimate of drug-likeness (QED) is 0.514. The van der Waals surface area contributed by atoms with Gasteiger partial charge in [-0.3, -0.25) is 4.98 Å². The highest BCUT2D eigenvalue weighted by molar-refractivity contribution is 7.91. The SMILES string of the molecule is CC1(C)CCc2c1nc1c(c2NC(O)N=S(N)(=O)c2ccn(-c3ccccc3)n2)CCC1. The maximum Gasteiger partial charge on any atom is 0.233 e. The van der Waals surface area contributed by atoms with Gasteiger partial charge in [-0.15, -0.1) is 0 Å². The third-order valence-corrected chi connectivity index (χ3v) is 7.71. The first-order chi connectivity index (χ1) is 15.2. The van der Waals surface area contributed by atoms with Crippen molar-refractivity contribution in [2.75, 3.05) is 5.32 Å². The molecule has 32 heavy (non-hydrogen) atoms. The van der Waals surface area contributed by atoms with Crippen LogP contribution in [-0.4, -0.2) is 30.4 Å². The van der Waals surface area contributed by atoms with Crippen molar-refractivity contribution in [1.29, 1.82) is 0 Å². The summed E-state index contributed by atoms with van der Waals surface area (Å²) in [5.41, 5.74) is 6.13. The molecule has 0 spiro atoms. The number of rotatable bonds is 5. The van der Waals surface area contributed by atoms with Crippen LogP contribution in [0.4, 0.5) is 5.69 Å². The van der Waals surface area contributed by atoms with Crippen LogP contribution in [0.5, 0.6) is 0 Å². The molecule has 8 nitrogen and oxygen atoms in total. The lowest BCUT2D eigenvalue weighted by Gasteiger charge is -2.22. The molecule has 2 aliphatic rings. The Labute approximate surface area is 188 Å². The number of benzene rings is 1. The molecule has 9 heteroatoms. The van der Waals surface area contributed by atoms with Gasteiger partial charge < -0.3 is 10.4 Å². The smallest absolute Gasteiger partial charge is 0.233 e. The van der Waals surface area contributed by atoms with Crippen LogP contribution in [0.25, 0.3) is 5.69 Å². The number of aromatic nitrogens is 3. The van der Waals surface area contributed by atoms with E-state index in [1.807, 2.05) is 30.3 Å². The summed E-state index contributed by atoms with van der Waals surface area (Å²) in [6.07, 6.45) is 5.03. The normalized spacial score (nSPS) is 19.1. The van der Waals surface area contributed by atoms with Crippen molar-refractivity contribution in [2.24, 2.45) is 9.50 Å². The number of pyridine rings is 1. The molecule has 5 rings (SSSR count). The van der Waals surface area contributed by atoms with Crippen molar-refractivity contribution in [2.45, 2.75) is 62.7 Å². The summed E-state index contributed by atoms with van der Waals surface area (Å²) in [6.45, 7) is 4.40. The highest BCUT2D eigenvalue weighted by Gasteiger charge is 2.36. The number of fused-ring (bicyclic) bond motifs is 2. The molecule has 2 atom stereocenters. The van der Waals surface area contributed by atoms with Gasteiger partial charge in [0.25, 0.3) is 0 Å². The maximum absolute atomic E-state index is 13.1. The first-order valence-corrected chi connectivity index (χ1v) is 12.5. The molecular weight excluding hydrogens is 424 g/mol. The number of hydrogen-bond acceptors (Lipinski definition) is 6. The van der Waals surface area contributed by atoms with Gasteiger partial charge in [-0.05, 0) is 61.4 Å². The third kappa shape index (κ3) is 3.70. The largest absolute Gasteiger partial charge is 0.355 e. The predicted octanol–water partition coefficient (Wildman–Crippen LogP) is 3.07. The molecular formula is C23H28N6O2S. The van der Waals surface area contributed by atoms with E-state index in [0.29, 0.717) is 0 Å². The summed E-state index contributed by atoms with van der Waals surface area (Å²) in [5, 5.41) is 24.3. The Hall–Kier alpha value is -2.75. The zero-order chi connectivity index (χ0) is 22.5. The van der Waals surface area contributed by atoms with Gasteiger partial charge in [-0.25, -0.2) is 14.0 Å². The fraction of sp³-hybridized carbons (Fsp3) is 0.391. The summed E-state index contributed by atoms with van der Waals surface area (Å²) in [5.74, 6) is 0. The minimum atomic E-state index is -3.40. The molecule has 168 valence electrons. The summed E-state index contributed by atoms with van der Waals surface area (Å²) in [7, 11) is -3.40. The zero-order valence-electron chi connectivity index (χ0n) is 18.3. The van der Waals surface area contributed by atoms with E-state index in [1.54, 1.807) is 16.9 Å². The summed E-state index contributed by atoms with van der Waals surface area (Å²) < 4.78 is 18.7. The minimum absolute atomic E-state index is 0.00282. The lowest BCUT2D eigenvalue weighted by Crippen LogP contribution is -2.24. The number of aliphatic hydroxyl groups is 1. The van der Waals surface area contributed by atoms with E-state index in [4.69, 9.17) is 10.1 Å². The zero-order valence-corrected chi connectivity index (χ0v) is 19.1. The van der Waals surface area contributed by atoms with Crippen molar-refractivity contribution >= 4 is 15.6 Å². The Kier molecular flexibility index (Phi) is 5.07. The molecule has 2 unspecified atom stereocenters. The molecule has 4 N–H and O–H groups in total. The summed E-state index contributed by atoms with van der Waals surface area (Å²) >= 11 is 0. The average Bonchev–Trinajstić information content (AvgIpc) is 3.48. The summed E-state index contributed by atoms with van der Waals surface area (Å²) in [6, 6.07) is 11.0. The second kappa shape index (κ2) is 7.68. The highest BCUT2D eigenvalue weighted by atomic mass is 32.2. The Morgan fingerprint density at radius 3 is 2.75 bits per heavy atom. The molecule has 0 bridgehead atoms. The molecule has 0 radical (unpaired) electrons. The Balaban J connectivity index is 1.46. The number of nitrogens with zero attached hydrogens (tertiary/aromatic N) is 4. The van der Waals surface area contributed by atoms with E-state index in [1.165, 1.54) is 0 Å². The molecule has 0 fully saturated rings. The fourth-order valence-corrected chi connectivity index (χ4v) is 5.62. The van der Waals surface area contributed by atoms with Crippen molar-refractivity contribution in [1.82, 2.24) is 14.8 Å². The predicted molar refractivity (Wildman–Crippen MR) is 124 cm³/mol. The van der Waals surface area contributed by atoms with Gasteiger partial charge in [0, 0.05) is 23.0 Å². The lowest BCUT2D eigenvalue weighted by atomic mass is 9.90. The summed E-state index contributed by atoms with van der Waals surface area (Å²) in [4.78, 5) is 4.96. The van der Waals surface area contributed by atoms with E-state index in [-0.39, 0.29) is 10.4 Å². The van der Waals surface area contributed by atoms with E-state index in [2.05, 4.69) is 28.6 Å². The fourth-order valence-electron chi connectivity index (χ4n) is 4.70. The van der Waals surface area contributed by atoms with E-state index < -0.39 is 16.3 Å². The van der Waals surface area contributed by atoms with Crippen LogP contribution in [0.1, 0.15) is 49.2 Å². The van der Waals surface area contributed by atoms with Crippen LogP contribution in [0.15, 0.2) is 52.0 Å². The monoisotopic (exact) mass is 452 g/mol. The van der Waals surface area contributed by atoms with Gasteiger partial charge in [0.1, 0.15) is 0 Å². The van der Waals surface area contributed by atoms with Gasteiger partial charge in [0.2, 0.25) is 6.35 Å². The molecule has 0 saturated carbocycles. The van der Waals surface area contributed by atoms with Crippen LogP contribution < -0.4 is 10.5 Å². The standard InChI is InChI=1S/C23H28N6O2S/c1-23(2)13-11-17-20(16-9-6-10-18(16)25-21(17)23)26-22(30)28-32(24,31)19-12-14-29(27-19)15-7-4-3-5-8-15/h3-5,7-8,12,14,22,30H,6,9-11,13H2,1-2H3,(H,25,26)(H2,24,28,31). The first kappa shape index (κ1) is 21.1. The minimum Gasteiger partial charge on any atom is -0.355 e. The number of nitrogens with one attached hydrogen (secondary N) is 1. The molecule has 0 aliphatic heterocycles. The van der Waals surface area contributed by atoms with Gasteiger partial charge in [0.05, 0.1) is 11.4 Å². The van der Waals surface area contributed by atoms with Crippen molar-refractivity contribution < 1.29 is 9.32 Å². The Morgan fingerprint density at radius 2 is 1.97 bits per heavy atom. The Bertz CT molecular complexity index is 1290. The first-order valence-electron chi connectivity index (χ1n) is 10.9. The second-order valence-electron chi connectivity index (χ2n) is 9.10. The Morgan fingerprint density at radius 1 is 1.19 bits per heavy atom. The molecule has 0 amide bonds. The molecule has 2 aromatic heterocycles. The van der Waals surface area contributed by atoms with Crippen molar-refractivity contribution in [3.63, 3.8) is 0 Å². The van der Waals surface area contributed by atoms with E-state index >= 15 is 0 Å². The lowest BCUT2D eigenvalue weighted by molar-refractivity contribution is 0.215. The third-order valence-electron chi connectivity index (χ3n) is 6.38. The molecule has 3 aromatic rings. The van der Waals surface area contributed by atoms with E-state index in [9.17, 15) is 9.32 Å². The van der Waals surface area contributed by atoms with Crippen LogP contribution in [0.3, 0.4) is 0 Å². The molecule has 2 heterocycles. The van der Waals surface area contributed by atoms with Crippen LogP contribution >= 0.6 is 0 Å². The molecule has 2 aliphatic carbocycles. The number of para-hydroxylation sites is 1. The second-order valence-corrected chi connectivity index (χ2v) is 10.9. The van der Waals surface area contributed by atoms with Gasteiger partial charge in [-0.1, -0.05) is 32.0 Å². The number of anilines is 1. The van der Waals surface area contributed by atoms with Crippen LogP contribution in [-0.2, 0) is 34.6 Å². The number of aryl methyl sites for hydroxylation is 1. The molecule has 1 aromatic carbocycles.